The van der Waals surface area contributed by atoms with Crippen molar-refractivity contribution in [2.24, 2.45) is 0 Å². The van der Waals surface area contributed by atoms with E-state index in [4.69, 9.17) is 0 Å². The third-order valence-electron chi connectivity index (χ3n) is 2.84. The van der Waals surface area contributed by atoms with Crippen LogP contribution in [0.15, 0.2) is 0 Å². The number of carbonyl (C=O) groups is 4. The molecule has 2 aliphatic heterocycles. The molecule has 0 spiro atoms. The van der Waals surface area contributed by atoms with Gasteiger partial charge in [-0.1, -0.05) is 0 Å². The molecule has 11 nitrogen and oxygen atoms in total. The van der Waals surface area contributed by atoms with Gasteiger partial charge in [0.15, 0.2) is 0 Å². The van der Waals surface area contributed by atoms with Crippen molar-refractivity contribution in [3.05, 3.63) is 0 Å². The van der Waals surface area contributed by atoms with Crippen LogP contribution < -0.4 is 21.3 Å². The molecule has 0 radical (unpaired) electrons. The molecule has 4 unspecified atom stereocenters. The summed E-state index contributed by atoms with van der Waals surface area (Å²) in [5.74, 6) is -2.69. The fourth-order valence-electron chi connectivity index (χ4n) is 1.75. The Morgan fingerprint density at radius 2 is 1.13 bits per heavy atom. The Morgan fingerprint density at radius 3 is 1.48 bits per heavy atom. The number of hydrogen-bond acceptors (Lipinski definition) is 7. The summed E-state index contributed by atoms with van der Waals surface area (Å²) in [6, 6.07) is -2.22. The molecule has 0 saturated carbocycles. The predicted molar refractivity (Wildman–Crippen MR) is 64.7 cm³/mol. The zero-order valence-electron chi connectivity index (χ0n) is 10.9. The van der Waals surface area contributed by atoms with Crippen molar-refractivity contribution >= 4 is 53.1 Å². The van der Waals surface area contributed by atoms with Gasteiger partial charge in [-0.15, -0.1) is 0 Å². The van der Waals surface area contributed by atoms with Crippen LogP contribution in [0, 0.1) is 0 Å². The Morgan fingerprint density at radius 1 is 0.783 bits per heavy atom. The first-order chi connectivity index (χ1) is 10.7. The van der Waals surface area contributed by atoms with E-state index < -0.39 is 75.2 Å². The summed E-state index contributed by atoms with van der Waals surface area (Å²) in [5, 5.41) is 6.87. The van der Waals surface area contributed by atoms with Crippen LogP contribution in [0.4, 0.5) is 18.4 Å². The summed E-state index contributed by atoms with van der Waals surface area (Å²) in [4.78, 5) is 40.6. The molecule has 0 aromatic rings. The minimum absolute atomic E-state index is 1.11. The summed E-state index contributed by atoms with van der Waals surface area (Å²) in [7, 11) is 0. The molecule has 2 aliphatic rings. The standard InChI is InChI=1S/C8H8F2Ge2N4O7/c9-1-3(13-7(19)15-5(1)17)11(21)23-12(22)4-2(10)6(18)16-8(20)14-4/h1-4H,(H2,13,15,17,19)(H2,14,16,18,20). The first-order valence-corrected chi connectivity index (χ1v) is 11.8. The topological polar surface area (TPSA) is 160 Å². The van der Waals surface area contributed by atoms with E-state index >= 15 is 0 Å². The van der Waals surface area contributed by atoms with E-state index in [1.165, 1.54) is 0 Å². The molecule has 2 rings (SSSR count). The molecule has 15 heteroatoms. The molecular weight excluding hydrogens is 447 g/mol. The molecule has 0 aromatic heterocycles. The van der Waals surface area contributed by atoms with Gasteiger partial charge in [0, 0.05) is 0 Å². The normalized spacial score (nSPS) is 30.5. The number of alkyl halides is 2. The number of imide groups is 2. The quantitative estimate of drug-likeness (QED) is 0.329. The van der Waals surface area contributed by atoms with Gasteiger partial charge in [0.2, 0.25) is 0 Å². The number of carbonyl (C=O) groups excluding carboxylic acids is 4. The fraction of sp³-hybridized carbons (Fsp3) is 0.500. The van der Waals surface area contributed by atoms with Gasteiger partial charge in [-0.2, -0.15) is 0 Å². The van der Waals surface area contributed by atoms with E-state index in [-0.39, 0.29) is 0 Å². The summed E-state index contributed by atoms with van der Waals surface area (Å²) >= 11 is -8.65. The number of urea groups is 2. The predicted octanol–water partition coefficient (Wildman–Crippen LogP) is -2.99. The molecule has 4 atom stereocenters. The van der Waals surface area contributed by atoms with Crippen molar-refractivity contribution in [1.82, 2.24) is 21.3 Å². The van der Waals surface area contributed by atoms with Crippen molar-refractivity contribution in [3.8, 4) is 0 Å². The molecule has 0 bridgehead atoms. The van der Waals surface area contributed by atoms with Gasteiger partial charge in [-0.3, -0.25) is 0 Å². The van der Waals surface area contributed by atoms with Crippen LogP contribution in [0.1, 0.15) is 0 Å². The zero-order valence-corrected chi connectivity index (χ0v) is 15.1. The number of hydrogen-bond donors (Lipinski definition) is 4. The fourth-order valence-corrected chi connectivity index (χ4v) is 10.3. The molecule has 2 saturated heterocycles. The minimum atomic E-state index is -4.33. The first-order valence-electron chi connectivity index (χ1n) is 5.97. The second-order valence-corrected chi connectivity index (χ2v) is 12.4. The summed E-state index contributed by atoms with van der Waals surface area (Å²) in [5.41, 5.74) is 0. The van der Waals surface area contributed by atoms with Crippen molar-refractivity contribution in [3.63, 3.8) is 0 Å². The number of halogens is 2. The van der Waals surface area contributed by atoms with Crippen LogP contribution in [0.25, 0.3) is 0 Å². The number of rotatable bonds is 4. The molecule has 23 heavy (non-hydrogen) atoms. The molecular formula is C8H8F2Ge2N4O7. The van der Waals surface area contributed by atoms with Crippen LogP contribution in [0.3, 0.4) is 0 Å². The van der Waals surface area contributed by atoms with Crippen LogP contribution in [0.5, 0.6) is 0 Å². The van der Waals surface area contributed by atoms with E-state index in [1.807, 2.05) is 10.6 Å². The zero-order chi connectivity index (χ0) is 17.3. The molecule has 0 aromatic carbocycles. The Kier molecular flexibility index (Phi) is 5.18. The van der Waals surface area contributed by atoms with Gasteiger partial charge >= 0.3 is 135 Å². The number of nitrogens with one attached hydrogen (secondary N) is 4. The second-order valence-electron chi connectivity index (χ2n) is 4.42. The molecule has 2 heterocycles. The number of amides is 6. The summed E-state index contributed by atoms with van der Waals surface area (Å²) < 4.78 is 55.7. The average Bonchev–Trinajstić information content (AvgIpc) is 2.46. The van der Waals surface area contributed by atoms with Crippen LogP contribution in [-0.2, 0) is 19.9 Å². The third kappa shape index (κ3) is 3.77. The Balaban J connectivity index is 2.05. The molecule has 0 aliphatic carbocycles. The van der Waals surface area contributed by atoms with E-state index in [9.17, 15) is 35.5 Å². The monoisotopic (exact) mass is 458 g/mol. The van der Waals surface area contributed by atoms with Gasteiger partial charge in [-0.25, -0.2) is 0 Å². The van der Waals surface area contributed by atoms with Gasteiger partial charge in [0.05, 0.1) is 0 Å². The van der Waals surface area contributed by atoms with Crippen LogP contribution in [0.2, 0.25) is 0 Å². The van der Waals surface area contributed by atoms with Crippen LogP contribution >= 0.6 is 0 Å². The third-order valence-corrected chi connectivity index (χ3v) is 12.0. The van der Waals surface area contributed by atoms with Gasteiger partial charge in [0.1, 0.15) is 0 Å². The van der Waals surface area contributed by atoms with Crippen LogP contribution in [-0.4, -0.2) is 75.2 Å². The van der Waals surface area contributed by atoms with E-state index in [1.54, 1.807) is 10.6 Å². The Labute approximate surface area is 135 Å². The Bertz CT molecular complexity index is 580. The van der Waals surface area contributed by atoms with E-state index in [2.05, 4.69) is 2.79 Å². The van der Waals surface area contributed by atoms with Crippen molar-refractivity contribution in [1.29, 1.82) is 0 Å². The molecule has 4 N–H and O–H groups in total. The average molecular weight is 455 g/mol. The van der Waals surface area contributed by atoms with Crippen molar-refractivity contribution in [2.45, 2.75) is 22.1 Å². The van der Waals surface area contributed by atoms with E-state index in [0.29, 0.717) is 0 Å². The molecule has 2 fully saturated rings. The SMILES string of the molecule is O=C1NC(=O)C(F)[CH]([Ge](=[O])[O][Ge](=[O])[CH]2NC(=O)NC(=O)C2F)N1. The van der Waals surface area contributed by atoms with Gasteiger partial charge in [-0.05, 0) is 0 Å². The molecule has 6 amide bonds. The first kappa shape index (κ1) is 17.6. The van der Waals surface area contributed by atoms with Gasteiger partial charge < -0.3 is 0 Å². The van der Waals surface area contributed by atoms with Crippen molar-refractivity contribution in [2.75, 3.05) is 0 Å². The van der Waals surface area contributed by atoms with Crippen molar-refractivity contribution < 1.29 is 38.3 Å². The Hall–Kier alpha value is -1.77. The maximum atomic E-state index is 13.6. The maximum absolute atomic E-state index is 13.6. The summed E-state index contributed by atoms with van der Waals surface area (Å²) in [6.45, 7) is 0. The molecule has 124 valence electrons. The van der Waals surface area contributed by atoms with E-state index in [0.717, 1.165) is 0 Å². The van der Waals surface area contributed by atoms with Gasteiger partial charge in [0.25, 0.3) is 0 Å². The summed E-state index contributed by atoms with van der Waals surface area (Å²) in [6.07, 6.45) is -4.78. The second kappa shape index (κ2) is 6.77.